The number of hydrogen-bond acceptors (Lipinski definition) is 5. The molecule has 3 aromatic rings. The van der Waals surface area contributed by atoms with Crippen LogP contribution < -0.4 is 4.74 Å². The molecule has 2 heterocycles. The highest BCUT2D eigenvalue weighted by Gasteiger charge is 2.43. The van der Waals surface area contributed by atoms with Crippen molar-refractivity contribution in [2.45, 2.75) is 25.7 Å². The van der Waals surface area contributed by atoms with E-state index in [0.29, 0.717) is 12.2 Å². The third-order valence-electron chi connectivity index (χ3n) is 5.78. The molecule has 4 rings (SSSR count). The van der Waals surface area contributed by atoms with Crippen molar-refractivity contribution in [2.24, 2.45) is 0 Å². The molecule has 1 N–H and O–H groups in total. The van der Waals surface area contributed by atoms with Crippen molar-refractivity contribution < 1.29 is 19.0 Å². The molecule has 0 radical (unpaired) electrons. The summed E-state index contributed by atoms with van der Waals surface area (Å²) >= 11 is 0. The molecule has 1 unspecified atom stereocenters. The fourth-order valence-corrected chi connectivity index (χ4v) is 4.06. The number of carbonyl (C=O) groups is 1. The summed E-state index contributed by atoms with van der Waals surface area (Å²) in [6.07, 6.45) is 0.424. The van der Waals surface area contributed by atoms with Gasteiger partial charge in [0.2, 0.25) is 0 Å². The van der Waals surface area contributed by atoms with Crippen molar-refractivity contribution >= 4 is 5.91 Å². The van der Waals surface area contributed by atoms with Gasteiger partial charge in [0.1, 0.15) is 11.4 Å². The summed E-state index contributed by atoms with van der Waals surface area (Å²) in [5.41, 5.74) is 5.23. The molecule has 162 valence electrons. The maximum absolute atomic E-state index is 13.4. The van der Waals surface area contributed by atoms with Gasteiger partial charge in [0.05, 0.1) is 25.4 Å². The van der Waals surface area contributed by atoms with E-state index in [1.165, 1.54) is 5.56 Å². The Morgan fingerprint density at radius 2 is 1.84 bits per heavy atom. The minimum absolute atomic E-state index is 0.125. The molecule has 7 heteroatoms. The highest BCUT2D eigenvalue weighted by Crippen LogP contribution is 2.43. The number of nitrogens with zero attached hydrogens (tertiary/aromatic N) is 2. The van der Waals surface area contributed by atoms with E-state index < -0.39 is 6.29 Å². The summed E-state index contributed by atoms with van der Waals surface area (Å²) in [6.45, 7) is 2.42. The van der Waals surface area contributed by atoms with E-state index in [1.54, 1.807) is 26.2 Å². The van der Waals surface area contributed by atoms with Crippen LogP contribution in [0.5, 0.6) is 5.75 Å². The topological polar surface area (TPSA) is 76.7 Å². The lowest BCUT2D eigenvalue weighted by molar-refractivity contribution is -0.113. The number of benzene rings is 2. The first-order valence-electron chi connectivity index (χ1n) is 10.3. The fraction of sp³-hybridized carbons (Fsp3) is 0.333. The van der Waals surface area contributed by atoms with Gasteiger partial charge in [0.15, 0.2) is 6.29 Å². The number of nitrogens with one attached hydrogen (secondary N) is 1. The van der Waals surface area contributed by atoms with E-state index in [9.17, 15) is 4.79 Å². The van der Waals surface area contributed by atoms with E-state index in [4.69, 9.17) is 14.2 Å². The van der Waals surface area contributed by atoms with Crippen LogP contribution in [0.25, 0.3) is 11.3 Å². The summed E-state index contributed by atoms with van der Waals surface area (Å²) in [5, 5.41) is 7.48. The van der Waals surface area contributed by atoms with Crippen LogP contribution in [-0.4, -0.2) is 55.2 Å². The monoisotopic (exact) mass is 421 g/mol. The second kappa shape index (κ2) is 8.91. The first kappa shape index (κ1) is 21.1. The van der Waals surface area contributed by atoms with Crippen LogP contribution in [0.4, 0.5) is 0 Å². The molecule has 1 atom stereocenters. The van der Waals surface area contributed by atoms with Crippen LogP contribution >= 0.6 is 0 Å². The Balaban J connectivity index is 1.84. The average Bonchev–Trinajstić information content (AvgIpc) is 3.36. The molecule has 0 aliphatic carbocycles. The van der Waals surface area contributed by atoms with E-state index >= 15 is 0 Å². The molecule has 7 nitrogen and oxygen atoms in total. The standard InChI is InChI=1S/C24H27N3O4/c1-5-15-9-11-16(12-10-15)23-20-21(17-7-6-8-18(13-17)29-2)25-26-22(20)24(28)27(23)14-19(30-3)31-4/h6-13,19,23H,5,14H2,1-4H3,(H,25,26). The minimum Gasteiger partial charge on any atom is -0.497 e. The van der Waals surface area contributed by atoms with Crippen molar-refractivity contribution in [1.82, 2.24) is 15.1 Å². The van der Waals surface area contributed by atoms with Crippen molar-refractivity contribution in [3.05, 3.63) is 70.9 Å². The lowest BCUT2D eigenvalue weighted by atomic mass is 9.95. The zero-order valence-corrected chi connectivity index (χ0v) is 18.2. The van der Waals surface area contributed by atoms with E-state index in [-0.39, 0.29) is 11.9 Å². The number of fused-ring (bicyclic) bond motifs is 1. The molecule has 1 aromatic heterocycles. The molecule has 0 saturated heterocycles. The predicted molar refractivity (Wildman–Crippen MR) is 117 cm³/mol. The quantitative estimate of drug-likeness (QED) is 0.560. The number of rotatable bonds is 8. The van der Waals surface area contributed by atoms with Crippen LogP contribution in [-0.2, 0) is 15.9 Å². The largest absolute Gasteiger partial charge is 0.497 e. The smallest absolute Gasteiger partial charge is 0.273 e. The molecule has 0 spiro atoms. The number of ether oxygens (including phenoxy) is 3. The molecule has 1 aliphatic heterocycles. The highest BCUT2D eigenvalue weighted by atomic mass is 16.7. The van der Waals surface area contributed by atoms with Gasteiger partial charge < -0.3 is 19.1 Å². The number of aromatic nitrogens is 2. The molecular formula is C24H27N3O4. The Morgan fingerprint density at radius 1 is 1.10 bits per heavy atom. The highest BCUT2D eigenvalue weighted by molar-refractivity contribution is 6.00. The van der Waals surface area contributed by atoms with Crippen LogP contribution in [0.1, 0.15) is 40.1 Å². The zero-order chi connectivity index (χ0) is 22.0. The average molecular weight is 421 g/mol. The van der Waals surface area contributed by atoms with Crippen molar-refractivity contribution in [2.75, 3.05) is 27.9 Å². The Morgan fingerprint density at radius 3 is 2.48 bits per heavy atom. The van der Waals surface area contributed by atoms with Gasteiger partial charge in [-0.3, -0.25) is 9.89 Å². The molecule has 0 bridgehead atoms. The van der Waals surface area contributed by atoms with E-state index in [1.807, 2.05) is 24.3 Å². The van der Waals surface area contributed by atoms with Gasteiger partial charge in [-0.2, -0.15) is 5.10 Å². The fourth-order valence-electron chi connectivity index (χ4n) is 4.06. The number of carbonyl (C=O) groups excluding carboxylic acids is 1. The van der Waals surface area contributed by atoms with Gasteiger partial charge >= 0.3 is 0 Å². The minimum atomic E-state index is -0.529. The lowest BCUT2D eigenvalue weighted by Gasteiger charge is -2.29. The maximum Gasteiger partial charge on any atom is 0.273 e. The number of methoxy groups -OCH3 is 3. The Bertz CT molecular complexity index is 1060. The first-order chi connectivity index (χ1) is 15.1. The van der Waals surface area contributed by atoms with Crippen LogP contribution in [0.2, 0.25) is 0 Å². The van der Waals surface area contributed by atoms with Crippen molar-refractivity contribution in [3.8, 4) is 17.0 Å². The first-order valence-corrected chi connectivity index (χ1v) is 10.3. The molecule has 1 amide bonds. The molecule has 0 fully saturated rings. The predicted octanol–water partition coefficient (Wildman–Crippen LogP) is 3.81. The van der Waals surface area contributed by atoms with Crippen LogP contribution in [0.15, 0.2) is 48.5 Å². The summed E-state index contributed by atoms with van der Waals surface area (Å²) in [7, 11) is 4.78. The van der Waals surface area contributed by atoms with Crippen molar-refractivity contribution in [3.63, 3.8) is 0 Å². The second-order valence-electron chi connectivity index (χ2n) is 7.45. The second-order valence-corrected chi connectivity index (χ2v) is 7.45. The molecular weight excluding hydrogens is 394 g/mol. The summed E-state index contributed by atoms with van der Waals surface area (Å²) < 4.78 is 16.2. The van der Waals surface area contributed by atoms with Gasteiger partial charge in [0, 0.05) is 25.3 Å². The third kappa shape index (κ3) is 3.82. The number of aryl methyl sites for hydroxylation is 1. The lowest BCUT2D eigenvalue weighted by Crippen LogP contribution is -2.38. The zero-order valence-electron chi connectivity index (χ0n) is 18.2. The Kier molecular flexibility index (Phi) is 6.06. The molecule has 31 heavy (non-hydrogen) atoms. The maximum atomic E-state index is 13.4. The van der Waals surface area contributed by atoms with Gasteiger partial charge in [-0.1, -0.05) is 43.3 Å². The van der Waals surface area contributed by atoms with Gasteiger partial charge in [0.25, 0.3) is 5.91 Å². The molecule has 2 aromatic carbocycles. The molecule has 0 saturated carbocycles. The SMILES string of the molecule is CCc1ccc(C2c3c(-c4cccc(OC)c4)n[nH]c3C(=O)N2CC(OC)OC)cc1. The van der Waals surface area contributed by atoms with Crippen LogP contribution in [0.3, 0.4) is 0 Å². The summed E-state index contributed by atoms with van der Waals surface area (Å²) in [6, 6.07) is 15.8. The number of H-pyrrole nitrogens is 1. The normalized spacial score (nSPS) is 15.6. The number of aromatic amines is 1. The summed E-state index contributed by atoms with van der Waals surface area (Å²) in [5.74, 6) is 0.610. The molecule has 1 aliphatic rings. The summed E-state index contributed by atoms with van der Waals surface area (Å²) in [4.78, 5) is 15.1. The van der Waals surface area contributed by atoms with Crippen molar-refractivity contribution in [1.29, 1.82) is 0 Å². The third-order valence-corrected chi connectivity index (χ3v) is 5.78. The Hall–Kier alpha value is -3.16. The van der Waals surface area contributed by atoms with Crippen LogP contribution in [0, 0.1) is 0 Å². The van der Waals surface area contributed by atoms with Gasteiger partial charge in [-0.05, 0) is 29.7 Å². The number of hydrogen-bond donors (Lipinski definition) is 1. The Labute approximate surface area is 181 Å². The van der Waals surface area contributed by atoms with E-state index in [2.05, 4.69) is 41.4 Å². The van der Waals surface area contributed by atoms with E-state index in [0.717, 1.165) is 34.6 Å². The van der Waals surface area contributed by atoms with Gasteiger partial charge in [-0.25, -0.2) is 0 Å². The van der Waals surface area contributed by atoms with Gasteiger partial charge in [-0.15, -0.1) is 0 Å². The number of amides is 1.